The fourth-order valence-electron chi connectivity index (χ4n) is 0.619. The first-order valence-electron chi connectivity index (χ1n) is 3.32. The van der Waals surface area contributed by atoms with Crippen molar-refractivity contribution in [3.63, 3.8) is 0 Å². The van der Waals surface area contributed by atoms with Crippen molar-refractivity contribution in [2.45, 2.75) is 25.8 Å². The van der Waals surface area contributed by atoms with E-state index in [-0.39, 0.29) is 0 Å². The van der Waals surface area contributed by atoms with Gasteiger partial charge in [0.2, 0.25) is 0 Å². The lowest BCUT2D eigenvalue weighted by atomic mass is 10.2. The zero-order valence-corrected chi connectivity index (χ0v) is 6.83. The Hall–Kier alpha value is 0.210. The van der Waals surface area contributed by atoms with Gasteiger partial charge in [0.15, 0.2) is 0 Å². The summed E-state index contributed by atoms with van der Waals surface area (Å²) in [7, 11) is 1.97. The van der Waals surface area contributed by atoms with Gasteiger partial charge < -0.3 is 5.32 Å². The predicted octanol–water partition coefficient (Wildman–Crippen LogP) is 1.12. The Labute approximate surface area is 62.1 Å². The van der Waals surface area contributed by atoms with Gasteiger partial charge >= 0.3 is 0 Å². The Morgan fingerprint density at radius 3 is 2.67 bits per heavy atom. The van der Waals surface area contributed by atoms with Crippen molar-refractivity contribution < 1.29 is 0 Å². The molecule has 0 aromatic heterocycles. The molecule has 1 unspecified atom stereocenters. The quantitative estimate of drug-likeness (QED) is 0.454. The van der Waals surface area contributed by atoms with Crippen LogP contribution in [0, 0.1) is 0 Å². The molecule has 0 bridgehead atoms. The van der Waals surface area contributed by atoms with Crippen molar-refractivity contribution in [1.29, 1.82) is 0 Å². The van der Waals surface area contributed by atoms with E-state index in [0.717, 1.165) is 13.0 Å². The molecule has 0 aromatic carbocycles. The summed E-state index contributed by atoms with van der Waals surface area (Å²) >= 11 is 5.26. The van der Waals surface area contributed by atoms with E-state index in [2.05, 4.69) is 17.1 Å². The molecule has 0 aliphatic rings. The van der Waals surface area contributed by atoms with Gasteiger partial charge in [-0.1, -0.05) is 0 Å². The van der Waals surface area contributed by atoms with Crippen LogP contribution < -0.4 is 10.2 Å². The molecular weight excluding hydrogens is 136 g/mol. The number of rotatable bonds is 5. The first-order chi connectivity index (χ1) is 4.31. The van der Waals surface area contributed by atoms with Gasteiger partial charge in [0.1, 0.15) is 0 Å². The molecule has 0 spiro atoms. The molecule has 2 nitrogen and oxygen atoms in total. The molecule has 0 aliphatic heterocycles. The molecule has 1 atom stereocenters. The Balaban J connectivity index is 2.88. The summed E-state index contributed by atoms with van der Waals surface area (Å²) in [4.78, 5) is 2.59. The summed E-state index contributed by atoms with van der Waals surface area (Å²) < 4.78 is 0. The van der Waals surface area contributed by atoms with Gasteiger partial charge in [-0.15, -0.1) is 0 Å². The first-order valence-corrected chi connectivity index (χ1v) is 3.69. The van der Waals surface area contributed by atoms with E-state index >= 15 is 0 Å². The van der Waals surface area contributed by atoms with Crippen molar-refractivity contribution >= 4 is 11.8 Å². The summed E-state index contributed by atoms with van der Waals surface area (Å²) in [5, 5.41) is 3.15. The van der Waals surface area contributed by atoms with Crippen LogP contribution in [0.2, 0.25) is 0 Å². The molecule has 0 rings (SSSR count). The highest BCUT2D eigenvalue weighted by atomic mass is 35.5. The summed E-state index contributed by atoms with van der Waals surface area (Å²) in [5.41, 5.74) is 0. The summed E-state index contributed by atoms with van der Waals surface area (Å²) in [6, 6.07) is 0.606. The number of nitrogens with one attached hydrogen (secondary N) is 2. The molecule has 56 valence electrons. The van der Waals surface area contributed by atoms with Crippen LogP contribution in [-0.2, 0) is 0 Å². The van der Waals surface area contributed by atoms with Crippen LogP contribution in [0.4, 0.5) is 0 Å². The van der Waals surface area contributed by atoms with E-state index in [0.29, 0.717) is 6.04 Å². The normalized spacial score (nSPS) is 13.7. The lowest BCUT2D eigenvalue weighted by Gasteiger charge is -2.07. The van der Waals surface area contributed by atoms with Crippen molar-refractivity contribution in [3.8, 4) is 0 Å². The van der Waals surface area contributed by atoms with Gasteiger partial charge in [0.05, 0.1) is 0 Å². The monoisotopic (exact) mass is 150 g/mol. The molecule has 9 heavy (non-hydrogen) atoms. The van der Waals surface area contributed by atoms with E-state index in [1.807, 2.05) is 7.05 Å². The van der Waals surface area contributed by atoms with E-state index in [9.17, 15) is 0 Å². The SMILES string of the molecule is CNC(C)CCCNCl. The van der Waals surface area contributed by atoms with Gasteiger partial charge in [0.25, 0.3) is 0 Å². The van der Waals surface area contributed by atoms with Crippen molar-refractivity contribution in [2.75, 3.05) is 13.6 Å². The molecule has 0 aromatic rings. The third-order valence-electron chi connectivity index (χ3n) is 1.40. The standard InChI is InChI=1S/C6H15ClN2/c1-6(8-2)4-3-5-9-7/h6,8-9H,3-5H2,1-2H3. The Kier molecular flexibility index (Phi) is 6.48. The molecule has 0 amide bonds. The second-order valence-electron chi connectivity index (χ2n) is 2.22. The van der Waals surface area contributed by atoms with Gasteiger partial charge in [-0.2, -0.15) is 0 Å². The Morgan fingerprint density at radius 1 is 1.56 bits per heavy atom. The largest absolute Gasteiger partial charge is 0.317 e. The fourth-order valence-corrected chi connectivity index (χ4v) is 0.753. The van der Waals surface area contributed by atoms with E-state index in [1.165, 1.54) is 6.42 Å². The number of hydrogen-bond acceptors (Lipinski definition) is 2. The fraction of sp³-hybridized carbons (Fsp3) is 1.00. The van der Waals surface area contributed by atoms with Crippen LogP contribution in [0.25, 0.3) is 0 Å². The highest BCUT2D eigenvalue weighted by molar-refractivity contribution is 6.13. The molecule has 0 heterocycles. The van der Waals surface area contributed by atoms with Crippen molar-refractivity contribution in [1.82, 2.24) is 10.2 Å². The molecule has 3 heteroatoms. The third-order valence-corrected chi connectivity index (χ3v) is 1.59. The van der Waals surface area contributed by atoms with Crippen molar-refractivity contribution in [3.05, 3.63) is 0 Å². The third kappa shape index (κ3) is 6.09. The van der Waals surface area contributed by atoms with Crippen LogP contribution >= 0.6 is 11.8 Å². The van der Waals surface area contributed by atoms with Crippen LogP contribution in [0.1, 0.15) is 19.8 Å². The predicted molar refractivity (Wildman–Crippen MR) is 41.6 cm³/mol. The Bertz CT molecular complexity index is 59.0. The van der Waals surface area contributed by atoms with Crippen LogP contribution in [0.3, 0.4) is 0 Å². The lowest BCUT2D eigenvalue weighted by molar-refractivity contribution is 0.541. The minimum Gasteiger partial charge on any atom is -0.317 e. The zero-order valence-electron chi connectivity index (χ0n) is 6.08. The first kappa shape index (κ1) is 9.21. The highest BCUT2D eigenvalue weighted by Crippen LogP contribution is 1.93. The summed E-state index contributed by atoms with van der Waals surface area (Å²) in [5.74, 6) is 0. The minimum absolute atomic E-state index is 0.606. The minimum atomic E-state index is 0.606. The van der Waals surface area contributed by atoms with Crippen LogP contribution in [-0.4, -0.2) is 19.6 Å². The van der Waals surface area contributed by atoms with E-state index in [1.54, 1.807) is 0 Å². The maximum Gasteiger partial charge on any atom is 0.0108 e. The van der Waals surface area contributed by atoms with Crippen molar-refractivity contribution in [2.24, 2.45) is 0 Å². The average molecular weight is 151 g/mol. The molecule has 0 radical (unpaired) electrons. The molecule has 0 fully saturated rings. The van der Waals surface area contributed by atoms with E-state index in [4.69, 9.17) is 11.8 Å². The average Bonchev–Trinajstić information content (AvgIpc) is 1.89. The van der Waals surface area contributed by atoms with Gasteiger partial charge in [-0.05, 0) is 38.6 Å². The second-order valence-corrected chi connectivity index (χ2v) is 2.48. The molecule has 0 saturated carbocycles. The highest BCUT2D eigenvalue weighted by Gasteiger charge is 1.94. The molecule has 0 aliphatic carbocycles. The van der Waals surface area contributed by atoms with Crippen LogP contribution in [0.5, 0.6) is 0 Å². The topological polar surface area (TPSA) is 24.1 Å². The number of hydrogen-bond donors (Lipinski definition) is 2. The second kappa shape index (κ2) is 6.33. The maximum atomic E-state index is 5.26. The van der Waals surface area contributed by atoms with E-state index < -0.39 is 0 Å². The zero-order chi connectivity index (χ0) is 7.11. The molecule has 2 N–H and O–H groups in total. The molecular formula is C6H15ClN2. The van der Waals surface area contributed by atoms with Crippen LogP contribution in [0.15, 0.2) is 0 Å². The maximum absolute atomic E-state index is 5.26. The van der Waals surface area contributed by atoms with Gasteiger partial charge in [0, 0.05) is 12.6 Å². The molecule has 0 saturated heterocycles. The lowest BCUT2D eigenvalue weighted by Crippen LogP contribution is -2.21. The van der Waals surface area contributed by atoms with Gasteiger partial charge in [-0.3, -0.25) is 0 Å². The smallest absolute Gasteiger partial charge is 0.0108 e. The number of halogens is 1. The van der Waals surface area contributed by atoms with Gasteiger partial charge in [-0.25, -0.2) is 4.84 Å². The Morgan fingerprint density at radius 2 is 2.22 bits per heavy atom. The summed E-state index contributed by atoms with van der Waals surface area (Å²) in [6.45, 7) is 3.06. The summed E-state index contributed by atoms with van der Waals surface area (Å²) in [6.07, 6.45) is 2.31.